The molecule has 6 nitrogen and oxygen atoms in total. The van der Waals surface area contributed by atoms with Crippen molar-refractivity contribution in [1.29, 1.82) is 0 Å². The van der Waals surface area contributed by atoms with Crippen LogP contribution in [0.5, 0.6) is 0 Å². The Balaban J connectivity index is 1.57. The van der Waals surface area contributed by atoms with Crippen molar-refractivity contribution in [2.45, 2.75) is 42.5 Å². The second-order valence-electron chi connectivity index (χ2n) is 8.90. The van der Waals surface area contributed by atoms with Crippen molar-refractivity contribution in [2.75, 3.05) is 31.8 Å². The van der Waals surface area contributed by atoms with Gasteiger partial charge in [-0.2, -0.15) is 0 Å². The summed E-state index contributed by atoms with van der Waals surface area (Å²) >= 11 is 1.80. The van der Waals surface area contributed by atoms with E-state index >= 15 is 0 Å². The lowest BCUT2D eigenvalue weighted by molar-refractivity contribution is 0.0689. The minimum absolute atomic E-state index is 0.00571. The third kappa shape index (κ3) is 3.88. The number of benzene rings is 1. The number of carbonyl (C=O) groups is 1. The van der Waals surface area contributed by atoms with Gasteiger partial charge in [-0.15, -0.1) is 11.3 Å². The van der Waals surface area contributed by atoms with Crippen LogP contribution < -0.4 is 10.2 Å². The van der Waals surface area contributed by atoms with E-state index in [4.69, 9.17) is 0 Å². The fourth-order valence-electron chi connectivity index (χ4n) is 4.96. The molecule has 1 aliphatic carbocycles. The summed E-state index contributed by atoms with van der Waals surface area (Å²) in [5, 5.41) is 5.38. The molecule has 0 atom stereocenters. The molecule has 1 aromatic heterocycles. The van der Waals surface area contributed by atoms with Gasteiger partial charge in [-0.05, 0) is 62.9 Å². The number of carbonyl (C=O) groups excluding carboxylic acids is 1. The Kier molecular flexibility index (Phi) is 5.45. The highest BCUT2D eigenvalue weighted by Crippen LogP contribution is 2.47. The fraction of sp³-hybridized carbons (Fsp3) is 0.500. The molecule has 0 radical (unpaired) electrons. The zero-order chi connectivity index (χ0) is 21.6. The predicted octanol–water partition coefficient (Wildman–Crippen LogP) is 3.59. The molecule has 1 saturated heterocycles. The van der Waals surface area contributed by atoms with Gasteiger partial charge in [-0.3, -0.25) is 9.80 Å². The van der Waals surface area contributed by atoms with Crippen molar-refractivity contribution in [3.05, 3.63) is 52.2 Å². The van der Waals surface area contributed by atoms with Gasteiger partial charge in [0.25, 0.3) is 0 Å². The Bertz CT molecular complexity index is 1020. The van der Waals surface area contributed by atoms with Gasteiger partial charge in [0.1, 0.15) is 0 Å². The molecule has 2 fully saturated rings. The zero-order valence-corrected chi connectivity index (χ0v) is 19.4. The van der Waals surface area contributed by atoms with Crippen molar-refractivity contribution in [3.8, 4) is 0 Å². The zero-order valence-electron chi connectivity index (χ0n) is 17.7. The monoisotopic (exact) mass is 447 g/mol. The maximum Gasteiger partial charge on any atom is 0.322 e. The van der Waals surface area contributed by atoms with Crippen LogP contribution in [0.2, 0.25) is 0 Å². The maximum atomic E-state index is 12.9. The third-order valence-electron chi connectivity index (χ3n) is 6.65. The van der Waals surface area contributed by atoms with Crippen molar-refractivity contribution in [1.82, 2.24) is 10.2 Å². The summed E-state index contributed by atoms with van der Waals surface area (Å²) in [7, 11) is 1.08. The van der Waals surface area contributed by atoms with Gasteiger partial charge in [0.2, 0.25) is 0 Å². The highest BCUT2D eigenvalue weighted by molar-refractivity contribution is 7.89. The van der Waals surface area contributed by atoms with Crippen LogP contribution in [0.4, 0.5) is 10.5 Å². The molecule has 162 valence electrons. The number of sulfone groups is 1. The number of rotatable bonds is 5. The van der Waals surface area contributed by atoms with E-state index in [0.29, 0.717) is 17.8 Å². The fourth-order valence-corrected chi connectivity index (χ4v) is 6.84. The number of anilines is 1. The Hall–Kier alpha value is -1.90. The summed E-state index contributed by atoms with van der Waals surface area (Å²) in [5.41, 5.74) is 1.10. The average Bonchev–Trinajstić information content (AvgIpc) is 3.31. The van der Waals surface area contributed by atoms with E-state index in [1.54, 1.807) is 22.3 Å². The van der Waals surface area contributed by atoms with Gasteiger partial charge >= 0.3 is 6.03 Å². The number of urea groups is 1. The van der Waals surface area contributed by atoms with Crippen LogP contribution >= 0.6 is 11.3 Å². The molecule has 1 aromatic carbocycles. The highest BCUT2D eigenvalue weighted by atomic mass is 32.2. The number of nitrogens with zero attached hydrogens (tertiary/aromatic N) is 2. The van der Waals surface area contributed by atoms with Gasteiger partial charge in [0, 0.05) is 16.8 Å². The van der Waals surface area contributed by atoms with Crippen LogP contribution in [-0.2, 0) is 21.1 Å². The van der Waals surface area contributed by atoms with Crippen LogP contribution in [-0.4, -0.2) is 51.8 Å². The number of para-hydroxylation sites is 1. The quantitative estimate of drug-likeness (QED) is 0.760. The predicted molar refractivity (Wildman–Crippen MR) is 122 cm³/mol. The average molecular weight is 448 g/mol. The summed E-state index contributed by atoms with van der Waals surface area (Å²) < 4.78 is 23.7. The van der Waals surface area contributed by atoms with Crippen LogP contribution in [0.25, 0.3) is 0 Å². The normalized spacial score (nSPS) is 27.1. The van der Waals surface area contributed by atoms with Crippen molar-refractivity contribution < 1.29 is 13.2 Å². The van der Waals surface area contributed by atoms with Crippen LogP contribution in [0.3, 0.4) is 0 Å². The molecule has 1 aliphatic heterocycles. The number of nitrogens with one attached hydrogen (secondary N) is 1. The number of hydrogen-bond donors (Lipinski definition) is 1. The molecule has 2 heterocycles. The first-order valence-electron chi connectivity index (χ1n) is 10.2. The van der Waals surface area contributed by atoms with Gasteiger partial charge in [0.05, 0.1) is 23.4 Å². The first kappa shape index (κ1) is 21.3. The van der Waals surface area contributed by atoms with E-state index in [1.165, 1.54) is 11.1 Å². The van der Waals surface area contributed by atoms with Crippen LogP contribution in [0.15, 0.2) is 41.8 Å². The SMILES string of the molecule is CN(C)[C@]1(c2cccs2)CC[C@@]2(CC1)CN(c1ccccc1CS(C)(=O)=O)C(=O)N2. The van der Waals surface area contributed by atoms with Crippen LogP contribution in [0.1, 0.15) is 36.1 Å². The lowest BCUT2D eigenvalue weighted by Gasteiger charge is -2.47. The number of amides is 2. The van der Waals surface area contributed by atoms with Gasteiger partial charge in [-0.1, -0.05) is 24.3 Å². The molecule has 1 spiro atoms. The van der Waals surface area contributed by atoms with Crippen molar-refractivity contribution >= 4 is 32.9 Å². The molecule has 1 saturated carbocycles. The molecule has 2 aromatic rings. The van der Waals surface area contributed by atoms with E-state index in [-0.39, 0.29) is 22.9 Å². The molecular formula is C22H29N3O3S2. The molecule has 8 heteroatoms. The first-order chi connectivity index (χ1) is 14.1. The second-order valence-corrected chi connectivity index (χ2v) is 12.0. The Morgan fingerprint density at radius 3 is 2.40 bits per heavy atom. The lowest BCUT2D eigenvalue weighted by Crippen LogP contribution is -2.53. The summed E-state index contributed by atoms with van der Waals surface area (Å²) in [4.78, 5) is 18.4. The largest absolute Gasteiger partial charge is 0.330 e. The number of thiophene rings is 1. The van der Waals surface area contributed by atoms with Crippen molar-refractivity contribution in [3.63, 3.8) is 0 Å². The maximum absolute atomic E-state index is 12.9. The first-order valence-corrected chi connectivity index (χ1v) is 13.1. The molecule has 30 heavy (non-hydrogen) atoms. The van der Waals surface area contributed by atoms with E-state index in [0.717, 1.165) is 25.7 Å². The van der Waals surface area contributed by atoms with Crippen LogP contribution in [0, 0.1) is 0 Å². The van der Waals surface area contributed by atoms with E-state index in [2.05, 4.69) is 41.8 Å². The molecule has 2 amide bonds. The molecule has 0 unspecified atom stereocenters. The summed E-state index contributed by atoms with van der Waals surface area (Å²) in [6.07, 6.45) is 4.94. The molecule has 4 rings (SSSR count). The van der Waals surface area contributed by atoms with Gasteiger partial charge < -0.3 is 5.32 Å². The summed E-state index contributed by atoms with van der Waals surface area (Å²) in [5.74, 6) is -0.0674. The topological polar surface area (TPSA) is 69.7 Å². The summed E-state index contributed by atoms with van der Waals surface area (Å²) in [6.45, 7) is 0.570. The molecular weight excluding hydrogens is 418 g/mol. The third-order valence-corrected chi connectivity index (χ3v) is 8.55. The number of hydrogen-bond acceptors (Lipinski definition) is 5. The highest BCUT2D eigenvalue weighted by Gasteiger charge is 2.50. The Morgan fingerprint density at radius 1 is 1.10 bits per heavy atom. The Morgan fingerprint density at radius 2 is 1.80 bits per heavy atom. The van der Waals surface area contributed by atoms with E-state index in [9.17, 15) is 13.2 Å². The minimum atomic E-state index is -3.19. The molecule has 2 aliphatic rings. The van der Waals surface area contributed by atoms with E-state index < -0.39 is 9.84 Å². The van der Waals surface area contributed by atoms with Gasteiger partial charge in [-0.25, -0.2) is 13.2 Å². The summed E-state index contributed by atoms with van der Waals surface area (Å²) in [6, 6.07) is 11.5. The Labute approximate surface area is 182 Å². The second kappa shape index (κ2) is 7.66. The molecule has 0 bridgehead atoms. The lowest BCUT2D eigenvalue weighted by atomic mass is 9.71. The smallest absolute Gasteiger partial charge is 0.322 e. The van der Waals surface area contributed by atoms with Crippen molar-refractivity contribution in [2.24, 2.45) is 0 Å². The van der Waals surface area contributed by atoms with Gasteiger partial charge in [0.15, 0.2) is 9.84 Å². The van der Waals surface area contributed by atoms with E-state index in [1.807, 2.05) is 18.2 Å². The minimum Gasteiger partial charge on any atom is -0.330 e. The molecule has 1 N–H and O–H groups in total. The standard InChI is InChI=1S/C22H29N3O3S2/c1-24(2)22(19-9-6-14-29-19)12-10-21(11-13-22)16-25(20(26)23-21)18-8-5-4-7-17(18)15-30(3,27)28/h4-9,14H,10-13,15-16H2,1-3H3,(H,23,26)/t21-,22-.